The molecule has 7 heteroatoms. The monoisotopic (exact) mass is 365 g/mol. The molecule has 1 N–H and O–H groups in total. The van der Waals surface area contributed by atoms with Crippen LogP contribution in [0.2, 0.25) is 0 Å². The molecule has 1 fully saturated rings. The quantitative estimate of drug-likeness (QED) is 0.454. The van der Waals surface area contributed by atoms with Gasteiger partial charge in [-0.15, -0.1) is 0 Å². The van der Waals surface area contributed by atoms with Crippen molar-refractivity contribution >= 4 is 46.3 Å². The summed E-state index contributed by atoms with van der Waals surface area (Å²) in [5.41, 5.74) is 0.816. The molecule has 0 atom stereocenters. The Bertz CT molecular complexity index is 655. The van der Waals surface area contributed by atoms with Crippen LogP contribution in [-0.4, -0.2) is 39.4 Å². The molecular formula is C17H19NO4S2. The highest BCUT2D eigenvalue weighted by molar-refractivity contribution is 8.26. The second-order valence-electron chi connectivity index (χ2n) is 5.25. The van der Waals surface area contributed by atoms with Crippen molar-refractivity contribution < 1.29 is 19.4 Å². The average Bonchev–Trinajstić information content (AvgIpc) is 2.82. The molecule has 1 amide bonds. The van der Waals surface area contributed by atoms with Gasteiger partial charge in [0, 0.05) is 13.0 Å². The Morgan fingerprint density at radius 2 is 2.08 bits per heavy atom. The number of aromatic hydroxyl groups is 1. The summed E-state index contributed by atoms with van der Waals surface area (Å²) in [4.78, 5) is 25.9. The van der Waals surface area contributed by atoms with Crippen LogP contribution in [0, 0.1) is 0 Å². The normalized spacial score (nSPS) is 16.0. The first kappa shape index (κ1) is 18.5. The molecule has 0 radical (unpaired) electrons. The van der Waals surface area contributed by atoms with Crippen molar-refractivity contribution in [1.29, 1.82) is 0 Å². The van der Waals surface area contributed by atoms with E-state index in [4.69, 9.17) is 17.0 Å². The van der Waals surface area contributed by atoms with Crippen molar-refractivity contribution in [2.24, 2.45) is 0 Å². The van der Waals surface area contributed by atoms with Crippen LogP contribution in [0.5, 0.6) is 5.75 Å². The third-order valence-electron chi connectivity index (χ3n) is 3.29. The lowest BCUT2D eigenvalue weighted by molar-refractivity contribution is -0.144. The Labute approximate surface area is 150 Å². The van der Waals surface area contributed by atoms with Gasteiger partial charge in [-0.05, 0) is 36.6 Å². The molecule has 0 unspecified atom stereocenters. The Balaban J connectivity index is 1.91. The molecule has 0 aliphatic carbocycles. The van der Waals surface area contributed by atoms with Crippen LogP contribution in [0.1, 0.15) is 31.7 Å². The maximum absolute atomic E-state index is 12.4. The van der Waals surface area contributed by atoms with E-state index in [0.29, 0.717) is 28.8 Å². The smallest absolute Gasteiger partial charge is 0.305 e. The van der Waals surface area contributed by atoms with Gasteiger partial charge in [-0.2, -0.15) is 0 Å². The zero-order chi connectivity index (χ0) is 17.5. The van der Waals surface area contributed by atoms with Crippen molar-refractivity contribution in [2.45, 2.75) is 26.2 Å². The molecule has 5 nitrogen and oxygen atoms in total. The van der Waals surface area contributed by atoms with Gasteiger partial charge in [-0.1, -0.05) is 43.0 Å². The first-order valence-corrected chi connectivity index (χ1v) is 8.93. The summed E-state index contributed by atoms with van der Waals surface area (Å²) >= 11 is 6.50. The molecule has 2 rings (SSSR count). The summed E-state index contributed by atoms with van der Waals surface area (Å²) in [5.74, 6) is -0.225. The molecule has 1 aliphatic rings. The van der Waals surface area contributed by atoms with Crippen LogP contribution in [0.3, 0.4) is 0 Å². The van der Waals surface area contributed by atoms with Gasteiger partial charge in [-0.25, -0.2) is 0 Å². The number of hydrogen-bond donors (Lipinski definition) is 1. The van der Waals surface area contributed by atoms with Gasteiger partial charge in [0.25, 0.3) is 5.91 Å². The van der Waals surface area contributed by atoms with E-state index in [1.165, 1.54) is 16.7 Å². The van der Waals surface area contributed by atoms with E-state index >= 15 is 0 Å². The Morgan fingerprint density at radius 3 is 2.75 bits per heavy atom. The second kappa shape index (κ2) is 8.84. The minimum absolute atomic E-state index is 0.153. The average molecular weight is 365 g/mol. The number of rotatable bonds is 7. The number of carbonyl (C=O) groups excluding carboxylic acids is 2. The first-order chi connectivity index (χ1) is 11.5. The topological polar surface area (TPSA) is 66.8 Å². The fourth-order valence-electron chi connectivity index (χ4n) is 2.08. The Morgan fingerprint density at radius 1 is 1.38 bits per heavy atom. The van der Waals surface area contributed by atoms with E-state index in [-0.39, 0.29) is 24.0 Å². The maximum Gasteiger partial charge on any atom is 0.305 e. The molecule has 1 aromatic carbocycles. The first-order valence-electron chi connectivity index (χ1n) is 7.71. The number of phenols is 1. The summed E-state index contributed by atoms with van der Waals surface area (Å²) in [6, 6.07) is 6.58. The van der Waals surface area contributed by atoms with Gasteiger partial charge in [0.2, 0.25) is 0 Å². The lowest BCUT2D eigenvalue weighted by Gasteiger charge is -2.13. The second-order valence-corrected chi connectivity index (χ2v) is 6.92. The molecule has 0 bridgehead atoms. The van der Waals surface area contributed by atoms with Crippen molar-refractivity contribution in [2.75, 3.05) is 13.2 Å². The van der Waals surface area contributed by atoms with Gasteiger partial charge < -0.3 is 9.84 Å². The summed E-state index contributed by atoms with van der Waals surface area (Å²) in [6.45, 7) is 2.77. The van der Waals surface area contributed by atoms with Gasteiger partial charge in [0.15, 0.2) is 0 Å². The molecule has 24 heavy (non-hydrogen) atoms. The number of nitrogens with zero attached hydrogens (tertiary/aromatic N) is 1. The van der Waals surface area contributed by atoms with Gasteiger partial charge >= 0.3 is 5.97 Å². The van der Waals surface area contributed by atoms with E-state index in [1.54, 1.807) is 30.3 Å². The summed E-state index contributed by atoms with van der Waals surface area (Å²) in [7, 11) is 0. The summed E-state index contributed by atoms with van der Waals surface area (Å²) in [5, 5.41) is 9.29. The number of carbonyl (C=O) groups is 2. The minimum Gasteiger partial charge on any atom is -0.508 e. The van der Waals surface area contributed by atoms with Gasteiger partial charge in [0.1, 0.15) is 10.1 Å². The fraction of sp³-hybridized carbons (Fsp3) is 0.353. The maximum atomic E-state index is 12.4. The number of hydrogen-bond acceptors (Lipinski definition) is 6. The van der Waals surface area contributed by atoms with Crippen LogP contribution in [0.4, 0.5) is 0 Å². The third kappa shape index (κ3) is 5.07. The zero-order valence-corrected chi connectivity index (χ0v) is 15.0. The number of amides is 1. The number of thiocarbonyl (C=S) groups is 1. The Kier molecular flexibility index (Phi) is 6.81. The molecule has 0 aromatic heterocycles. The molecule has 1 heterocycles. The highest BCUT2D eigenvalue weighted by atomic mass is 32.2. The molecule has 0 spiro atoms. The highest BCUT2D eigenvalue weighted by Crippen LogP contribution is 2.32. The van der Waals surface area contributed by atoms with Crippen LogP contribution in [0.15, 0.2) is 29.2 Å². The van der Waals surface area contributed by atoms with E-state index in [2.05, 4.69) is 0 Å². The number of ether oxygens (including phenoxy) is 1. The van der Waals surface area contributed by atoms with Crippen LogP contribution >= 0.6 is 24.0 Å². The summed E-state index contributed by atoms with van der Waals surface area (Å²) in [6.07, 6.45) is 3.33. The van der Waals surface area contributed by atoms with Crippen molar-refractivity contribution in [1.82, 2.24) is 4.90 Å². The van der Waals surface area contributed by atoms with E-state index < -0.39 is 0 Å². The number of benzene rings is 1. The zero-order valence-electron chi connectivity index (χ0n) is 13.4. The van der Waals surface area contributed by atoms with Crippen LogP contribution in [-0.2, 0) is 14.3 Å². The van der Waals surface area contributed by atoms with Gasteiger partial charge in [-0.3, -0.25) is 14.5 Å². The van der Waals surface area contributed by atoms with Crippen molar-refractivity contribution in [3.8, 4) is 5.75 Å². The molecule has 1 saturated heterocycles. The van der Waals surface area contributed by atoms with E-state index in [1.807, 2.05) is 6.92 Å². The molecule has 0 saturated carbocycles. The molecule has 128 valence electrons. The lowest BCUT2D eigenvalue weighted by atomic mass is 10.2. The highest BCUT2D eigenvalue weighted by Gasteiger charge is 2.31. The van der Waals surface area contributed by atoms with E-state index in [0.717, 1.165) is 12.0 Å². The van der Waals surface area contributed by atoms with Crippen molar-refractivity contribution in [3.05, 3.63) is 34.7 Å². The SMILES string of the molecule is CCCOC(=O)CCCN1C(=O)/C(=C\c2ccc(O)cc2)SC1=S. The predicted octanol–water partition coefficient (Wildman–Crippen LogP) is 3.33. The standard InChI is InChI=1S/C17H19NO4S2/c1-2-10-22-15(20)4-3-9-18-16(21)14(24-17(18)23)11-12-5-7-13(19)8-6-12/h5-8,11,19H,2-4,9-10H2,1H3/b14-11+. The fourth-order valence-corrected chi connectivity index (χ4v) is 3.39. The van der Waals surface area contributed by atoms with E-state index in [9.17, 15) is 14.7 Å². The van der Waals surface area contributed by atoms with Crippen molar-refractivity contribution in [3.63, 3.8) is 0 Å². The van der Waals surface area contributed by atoms with Gasteiger partial charge in [0.05, 0.1) is 11.5 Å². The number of thioether (sulfide) groups is 1. The Hall–Kier alpha value is -1.86. The number of phenolic OH excluding ortho intramolecular Hbond substituents is 1. The largest absolute Gasteiger partial charge is 0.508 e. The van der Waals surface area contributed by atoms with Crippen LogP contribution < -0.4 is 0 Å². The summed E-state index contributed by atoms with van der Waals surface area (Å²) < 4.78 is 5.50. The molecular weight excluding hydrogens is 346 g/mol. The number of esters is 1. The predicted molar refractivity (Wildman–Crippen MR) is 98.5 cm³/mol. The molecule has 1 aliphatic heterocycles. The molecule has 1 aromatic rings. The minimum atomic E-state index is -0.248. The van der Waals surface area contributed by atoms with Crippen LogP contribution in [0.25, 0.3) is 6.08 Å². The third-order valence-corrected chi connectivity index (χ3v) is 4.67. The lowest BCUT2D eigenvalue weighted by Crippen LogP contribution is -2.29.